The maximum atomic E-state index is 13.1. The second-order valence-corrected chi connectivity index (χ2v) is 9.14. The predicted octanol–water partition coefficient (Wildman–Crippen LogP) is 1.55. The molecule has 0 saturated heterocycles. The van der Waals surface area contributed by atoms with E-state index in [1.54, 1.807) is 24.3 Å². The fraction of sp³-hybridized carbons (Fsp3) is 0.579. The number of anilines is 1. The molecule has 1 saturated carbocycles. The molecule has 0 spiro atoms. The van der Waals surface area contributed by atoms with Crippen molar-refractivity contribution >= 4 is 27.6 Å². The van der Waals surface area contributed by atoms with Crippen LogP contribution in [0, 0.1) is 0 Å². The molecule has 1 aromatic rings. The molecule has 0 unspecified atom stereocenters. The minimum Gasteiger partial charge on any atom is -0.475 e. The molecule has 1 fully saturated rings. The predicted molar refractivity (Wildman–Crippen MR) is 104 cm³/mol. The van der Waals surface area contributed by atoms with Crippen LogP contribution in [0.1, 0.15) is 32.1 Å². The zero-order valence-electron chi connectivity index (χ0n) is 16.2. The molecular formula is C19H26N2O6S. The number of nitrogens with zero attached hydrogens (tertiary/aromatic N) is 2. The highest BCUT2D eigenvalue weighted by atomic mass is 32.2. The van der Waals surface area contributed by atoms with Gasteiger partial charge in [-0.3, -0.25) is 4.79 Å². The molecule has 28 heavy (non-hydrogen) atoms. The third-order valence-electron chi connectivity index (χ3n) is 5.24. The summed E-state index contributed by atoms with van der Waals surface area (Å²) in [5.41, 5.74) is 0.518. The quantitative estimate of drug-likeness (QED) is 0.684. The summed E-state index contributed by atoms with van der Waals surface area (Å²) in [4.78, 5) is 26.5. The molecule has 2 aliphatic rings. The molecule has 9 heteroatoms. The van der Waals surface area contributed by atoms with Crippen molar-refractivity contribution in [3.63, 3.8) is 0 Å². The Morgan fingerprint density at radius 2 is 1.89 bits per heavy atom. The Balaban J connectivity index is 1.85. The maximum absolute atomic E-state index is 13.1. The lowest BCUT2D eigenvalue weighted by Gasteiger charge is -2.36. The zero-order chi connectivity index (χ0) is 20.3. The van der Waals surface area contributed by atoms with Gasteiger partial charge in [-0.05, 0) is 25.0 Å². The van der Waals surface area contributed by atoms with Crippen LogP contribution in [0.3, 0.4) is 0 Å². The van der Waals surface area contributed by atoms with Crippen LogP contribution < -0.4 is 9.64 Å². The van der Waals surface area contributed by atoms with E-state index >= 15 is 0 Å². The number of sulfonamides is 1. The maximum Gasteiger partial charge on any atom is 0.348 e. The van der Waals surface area contributed by atoms with Gasteiger partial charge in [-0.2, -0.15) is 4.31 Å². The lowest BCUT2D eigenvalue weighted by atomic mass is 9.95. The molecule has 0 aromatic heterocycles. The summed E-state index contributed by atoms with van der Waals surface area (Å²) in [6, 6.07) is 6.72. The normalized spacial score (nSPS) is 20.4. The lowest BCUT2D eigenvalue weighted by Crippen LogP contribution is -2.52. The molecule has 1 aliphatic heterocycles. The number of carbonyl (C=O) groups excluding carboxylic acids is 2. The van der Waals surface area contributed by atoms with Crippen LogP contribution in [-0.4, -0.2) is 63.2 Å². The van der Waals surface area contributed by atoms with Crippen molar-refractivity contribution in [3.8, 4) is 5.75 Å². The van der Waals surface area contributed by atoms with Crippen molar-refractivity contribution in [1.82, 2.24) is 4.31 Å². The fourth-order valence-corrected chi connectivity index (χ4v) is 4.93. The van der Waals surface area contributed by atoms with Crippen LogP contribution in [0.2, 0.25) is 0 Å². The first kappa shape index (κ1) is 20.6. The van der Waals surface area contributed by atoms with Gasteiger partial charge in [0.25, 0.3) is 0 Å². The molecule has 1 heterocycles. The largest absolute Gasteiger partial charge is 0.475 e. The number of methoxy groups -OCH3 is 1. The molecular weight excluding hydrogens is 384 g/mol. The second-order valence-electron chi connectivity index (χ2n) is 7.20. The third-order valence-corrected chi connectivity index (χ3v) is 6.52. The van der Waals surface area contributed by atoms with Gasteiger partial charge in [0.2, 0.25) is 22.0 Å². The van der Waals surface area contributed by atoms with Crippen molar-refractivity contribution in [3.05, 3.63) is 24.3 Å². The third kappa shape index (κ3) is 4.47. The summed E-state index contributed by atoms with van der Waals surface area (Å²) in [6.07, 6.45) is 4.69. The molecule has 0 radical (unpaired) electrons. The lowest BCUT2D eigenvalue weighted by molar-refractivity contribution is -0.148. The zero-order valence-corrected chi connectivity index (χ0v) is 17.0. The van der Waals surface area contributed by atoms with E-state index < -0.39 is 22.1 Å². The Morgan fingerprint density at radius 1 is 1.21 bits per heavy atom. The topological polar surface area (TPSA) is 93.2 Å². The Bertz CT molecular complexity index is 835. The van der Waals surface area contributed by atoms with E-state index in [1.165, 1.54) is 16.3 Å². The van der Waals surface area contributed by atoms with Crippen LogP contribution in [0.25, 0.3) is 0 Å². The highest BCUT2D eigenvalue weighted by Gasteiger charge is 2.37. The average Bonchev–Trinajstić information content (AvgIpc) is 2.70. The molecule has 3 rings (SSSR count). The number of fused-ring (bicyclic) bond motifs is 1. The van der Waals surface area contributed by atoms with E-state index in [0.717, 1.165) is 38.4 Å². The van der Waals surface area contributed by atoms with Gasteiger partial charge in [0.1, 0.15) is 5.75 Å². The van der Waals surface area contributed by atoms with Gasteiger partial charge < -0.3 is 14.4 Å². The molecule has 154 valence electrons. The van der Waals surface area contributed by atoms with E-state index in [-0.39, 0.29) is 25.0 Å². The van der Waals surface area contributed by atoms with Crippen LogP contribution in [0.5, 0.6) is 5.75 Å². The summed E-state index contributed by atoms with van der Waals surface area (Å²) in [6.45, 7) is -0.281. The van der Waals surface area contributed by atoms with E-state index in [2.05, 4.69) is 0 Å². The fourth-order valence-electron chi connectivity index (χ4n) is 3.83. The first-order valence-corrected chi connectivity index (χ1v) is 11.3. The van der Waals surface area contributed by atoms with Gasteiger partial charge in [0.05, 0.1) is 32.1 Å². The van der Waals surface area contributed by atoms with Gasteiger partial charge in [0, 0.05) is 6.04 Å². The first-order valence-electron chi connectivity index (χ1n) is 9.42. The van der Waals surface area contributed by atoms with Gasteiger partial charge in [-0.15, -0.1) is 0 Å². The smallest absolute Gasteiger partial charge is 0.348 e. The molecule has 1 aliphatic carbocycles. The number of rotatable bonds is 5. The molecule has 0 bridgehead atoms. The molecule has 1 atom stereocenters. The number of ether oxygens (including phenoxy) is 2. The molecule has 1 aromatic carbocycles. The number of hydrogen-bond acceptors (Lipinski definition) is 6. The Kier molecular flexibility index (Phi) is 6.24. The van der Waals surface area contributed by atoms with Gasteiger partial charge in [0.15, 0.2) is 0 Å². The standard InChI is InChI=1S/C19H26N2O6S/c1-26-19(23)17-12-20(15-10-6-7-11-16(15)27-17)18(22)13-21(28(2,24)25)14-8-4-3-5-9-14/h6-7,10-11,14,17H,3-5,8-9,12-13H2,1-2H3/t17-/m0/s1. The number of hydrogen-bond donors (Lipinski definition) is 0. The van der Waals surface area contributed by atoms with Crippen molar-refractivity contribution in [2.45, 2.75) is 44.2 Å². The Labute approximate surface area is 165 Å². The van der Waals surface area contributed by atoms with Crippen molar-refractivity contribution in [1.29, 1.82) is 0 Å². The van der Waals surface area contributed by atoms with E-state index in [0.29, 0.717) is 11.4 Å². The van der Waals surface area contributed by atoms with Crippen molar-refractivity contribution in [2.24, 2.45) is 0 Å². The highest BCUT2D eigenvalue weighted by molar-refractivity contribution is 7.88. The summed E-state index contributed by atoms with van der Waals surface area (Å²) in [5, 5.41) is 0. The number of esters is 1. The van der Waals surface area contributed by atoms with Gasteiger partial charge in [-0.25, -0.2) is 13.2 Å². The van der Waals surface area contributed by atoms with Gasteiger partial charge >= 0.3 is 5.97 Å². The Morgan fingerprint density at radius 3 is 2.54 bits per heavy atom. The van der Waals surface area contributed by atoms with Crippen molar-refractivity contribution < 1.29 is 27.5 Å². The van der Waals surface area contributed by atoms with Crippen LogP contribution in [0.4, 0.5) is 5.69 Å². The molecule has 8 nitrogen and oxygen atoms in total. The second kappa shape index (κ2) is 8.48. The number of carbonyl (C=O) groups is 2. The number of para-hydroxylation sites is 2. The number of benzene rings is 1. The first-order chi connectivity index (χ1) is 13.3. The monoisotopic (exact) mass is 410 g/mol. The van der Waals surface area contributed by atoms with Crippen LogP contribution in [0.15, 0.2) is 24.3 Å². The van der Waals surface area contributed by atoms with E-state index in [1.807, 2.05) is 0 Å². The molecule has 1 amide bonds. The van der Waals surface area contributed by atoms with E-state index in [9.17, 15) is 18.0 Å². The minimum atomic E-state index is -3.55. The van der Waals surface area contributed by atoms with Crippen molar-refractivity contribution in [2.75, 3.05) is 31.4 Å². The van der Waals surface area contributed by atoms with Crippen LogP contribution >= 0.6 is 0 Å². The minimum absolute atomic E-state index is 0.0230. The van der Waals surface area contributed by atoms with Crippen LogP contribution in [-0.2, 0) is 24.3 Å². The molecule has 0 N–H and O–H groups in total. The number of amides is 1. The summed E-state index contributed by atoms with van der Waals surface area (Å²) >= 11 is 0. The summed E-state index contributed by atoms with van der Waals surface area (Å²) in [7, 11) is -2.29. The average molecular weight is 410 g/mol. The van der Waals surface area contributed by atoms with E-state index in [4.69, 9.17) is 9.47 Å². The highest BCUT2D eigenvalue weighted by Crippen LogP contribution is 2.34. The SMILES string of the molecule is COC(=O)[C@@H]1CN(C(=O)CN(C2CCCCC2)S(C)(=O)=O)c2ccccc2O1. The summed E-state index contributed by atoms with van der Waals surface area (Å²) < 4.78 is 36.5. The Hall–Kier alpha value is -2.13. The van der Waals surface area contributed by atoms with Gasteiger partial charge in [-0.1, -0.05) is 31.4 Å². The summed E-state index contributed by atoms with van der Waals surface area (Å²) in [5.74, 6) is -0.582.